The maximum atomic E-state index is 13.7. The minimum absolute atomic E-state index is 0.0104. The van der Waals surface area contributed by atoms with Gasteiger partial charge in [-0.05, 0) is 48.1 Å². The van der Waals surface area contributed by atoms with Crippen molar-refractivity contribution >= 4 is 61.6 Å². The van der Waals surface area contributed by atoms with Gasteiger partial charge < -0.3 is 11.1 Å². The van der Waals surface area contributed by atoms with E-state index >= 15 is 0 Å². The lowest BCUT2D eigenvalue weighted by Crippen LogP contribution is -2.20. The molecule has 9 nitrogen and oxygen atoms in total. The van der Waals surface area contributed by atoms with Crippen LogP contribution in [0.1, 0.15) is 44.9 Å². The second-order valence-corrected chi connectivity index (χ2v) is 9.31. The molecule has 0 atom stereocenters. The summed E-state index contributed by atoms with van der Waals surface area (Å²) in [4.78, 5) is 29.6. The van der Waals surface area contributed by atoms with Crippen LogP contribution in [0.2, 0.25) is 0 Å². The molecule has 4 aromatic heterocycles. The molecule has 13 heteroatoms. The molecular formula is C20H18F2IN7O2S. The average Bonchev–Trinajstić information content (AvgIpc) is 3.42. The van der Waals surface area contributed by atoms with Gasteiger partial charge in [-0.15, -0.1) is 11.3 Å². The number of hydrogen-bond donors (Lipinski definition) is 2. The number of halogens is 3. The summed E-state index contributed by atoms with van der Waals surface area (Å²) in [5.74, 6) is -1.33. The normalized spacial score (nSPS) is 11.5. The van der Waals surface area contributed by atoms with E-state index in [-0.39, 0.29) is 21.1 Å². The maximum Gasteiger partial charge on any atom is 0.280 e. The van der Waals surface area contributed by atoms with E-state index in [1.807, 2.05) is 29.5 Å². The largest absolute Gasteiger partial charge is 0.365 e. The molecule has 0 fully saturated rings. The number of pyridine rings is 1. The van der Waals surface area contributed by atoms with Crippen LogP contribution in [0.25, 0.3) is 21.3 Å². The zero-order valence-electron chi connectivity index (χ0n) is 17.7. The SMILES string of the molecule is CCn1cc(-c2cc(C(F)F)nc3sc(C(N)=O)c(NC(=O)c4c(I)cnn4C)c23)c(C)n1. The van der Waals surface area contributed by atoms with Crippen LogP contribution in [0.3, 0.4) is 0 Å². The van der Waals surface area contributed by atoms with E-state index < -0.39 is 23.9 Å². The third kappa shape index (κ3) is 4.10. The molecule has 2 amide bonds. The number of primary amides is 1. The van der Waals surface area contributed by atoms with Crippen LogP contribution < -0.4 is 11.1 Å². The van der Waals surface area contributed by atoms with Crippen molar-refractivity contribution < 1.29 is 18.4 Å². The molecule has 0 unspecified atom stereocenters. The molecule has 0 aliphatic rings. The van der Waals surface area contributed by atoms with Gasteiger partial charge in [0.2, 0.25) is 0 Å². The fourth-order valence-corrected chi connectivity index (χ4v) is 5.25. The van der Waals surface area contributed by atoms with E-state index in [4.69, 9.17) is 5.73 Å². The van der Waals surface area contributed by atoms with Crippen molar-refractivity contribution in [3.05, 3.63) is 44.0 Å². The standard InChI is InChI=1S/C20H18F2IN7O2S/c1-4-30-7-10(8(2)28-30)9-5-12(17(21)22)26-20-13(9)14(16(33-20)18(24)31)27-19(32)15-11(23)6-25-29(15)3/h5-7,17H,4H2,1-3H3,(H2,24,31)(H,27,32). The Balaban J connectivity index is 2.01. The van der Waals surface area contributed by atoms with Crippen molar-refractivity contribution in [1.29, 1.82) is 0 Å². The summed E-state index contributed by atoms with van der Waals surface area (Å²) in [5, 5.41) is 11.6. The molecule has 0 radical (unpaired) electrons. The fourth-order valence-electron chi connectivity index (χ4n) is 3.52. The Labute approximate surface area is 204 Å². The lowest BCUT2D eigenvalue weighted by atomic mass is 10.0. The molecular weight excluding hydrogens is 567 g/mol. The van der Waals surface area contributed by atoms with Gasteiger partial charge in [-0.2, -0.15) is 10.2 Å². The van der Waals surface area contributed by atoms with Gasteiger partial charge >= 0.3 is 0 Å². The van der Waals surface area contributed by atoms with Gasteiger partial charge in [0.25, 0.3) is 18.2 Å². The zero-order chi connectivity index (χ0) is 24.0. The van der Waals surface area contributed by atoms with Crippen LogP contribution in [-0.4, -0.2) is 36.4 Å². The zero-order valence-corrected chi connectivity index (χ0v) is 20.7. The number of rotatable bonds is 6. The van der Waals surface area contributed by atoms with E-state index in [2.05, 4.69) is 20.5 Å². The number of thiophene rings is 1. The number of carbonyl (C=O) groups excluding carboxylic acids is 2. The van der Waals surface area contributed by atoms with E-state index in [9.17, 15) is 18.4 Å². The highest BCUT2D eigenvalue weighted by molar-refractivity contribution is 14.1. The molecule has 0 spiro atoms. The second-order valence-electron chi connectivity index (χ2n) is 7.15. The van der Waals surface area contributed by atoms with Crippen molar-refractivity contribution in [3.63, 3.8) is 0 Å². The molecule has 0 aliphatic heterocycles. The molecule has 0 saturated heterocycles. The quantitative estimate of drug-likeness (QED) is 0.330. The second kappa shape index (κ2) is 8.78. The van der Waals surface area contributed by atoms with Gasteiger partial charge in [-0.3, -0.25) is 19.0 Å². The molecule has 4 rings (SSSR count). The third-order valence-corrected chi connectivity index (χ3v) is 6.93. The lowest BCUT2D eigenvalue weighted by molar-refractivity contribution is 0.100. The van der Waals surface area contributed by atoms with Gasteiger partial charge in [0.05, 0.1) is 21.1 Å². The van der Waals surface area contributed by atoms with E-state index in [1.165, 1.54) is 16.9 Å². The highest BCUT2D eigenvalue weighted by Crippen LogP contribution is 2.43. The van der Waals surface area contributed by atoms with Gasteiger partial charge in [0, 0.05) is 30.7 Å². The number of fused-ring (bicyclic) bond motifs is 1. The van der Waals surface area contributed by atoms with Crippen LogP contribution in [0.5, 0.6) is 0 Å². The molecule has 0 bridgehead atoms. The third-order valence-electron chi connectivity index (χ3n) is 5.04. The van der Waals surface area contributed by atoms with Crippen molar-refractivity contribution in [2.24, 2.45) is 12.8 Å². The first-order valence-electron chi connectivity index (χ1n) is 9.71. The number of nitrogens with two attached hydrogens (primary N) is 1. The van der Waals surface area contributed by atoms with Crippen LogP contribution in [0.4, 0.5) is 14.5 Å². The molecule has 33 heavy (non-hydrogen) atoms. The molecule has 4 heterocycles. The van der Waals surface area contributed by atoms with Crippen molar-refractivity contribution in [3.8, 4) is 11.1 Å². The summed E-state index contributed by atoms with van der Waals surface area (Å²) in [7, 11) is 1.61. The minimum Gasteiger partial charge on any atom is -0.365 e. The first kappa shape index (κ1) is 23.2. The van der Waals surface area contributed by atoms with Crippen LogP contribution in [0, 0.1) is 10.5 Å². The summed E-state index contributed by atoms with van der Waals surface area (Å²) in [6, 6.07) is 1.26. The molecule has 172 valence electrons. The van der Waals surface area contributed by atoms with Crippen molar-refractivity contribution in [1.82, 2.24) is 24.5 Å². The highest BCUT2D eigenvalue weighted by atomic mass is 127. The number of alkyl halides is 2. The van der Waals surface area contributed by atoms with Crippen molar-refractivity contribution in [2.75, 3.05) is 5.32 Å². The highest BCUT2D eigenvalue weighted by Gasteiger charge is 2.27. The minimum atomic E-state index is -2.83. The predicted molar refractivity (Wildman–Crippen MR) is 129 cm³/mol. The van der Waals surface area contributed by atoms with Gasteiger partial charge in [-0.1, -0.05) is 0 Å². The number of aryl methyl sites for hydroxylation is 3. The number of hydrogen-bond acceptors (Lipinski definition) is 6. The Kier molecular flexibility index (Phi) is 6.18. The first-order valence-corrected chi connectivity index (χ1v) is 11.6. The Morgan fingerprint density at radius 3 is 2.61 bits per heavy atom. The summed E-state index contributed by atoms with van der Waals surface area (Å²) < 4.78 is 31.0. The topological polar surface area (TPSA) is 121 Å². The van der Waals surface area contributed by atoms with E-state index in [1.54, 1.807) is 24.9 Å². The van der Waals surface area contributed by atoms with E-state index in [0.29, 0.717) is 32.3 Å². The van der Waals surface area contributed by atoms with Crippen molar-refractivity contribution in [2.45, 2.75) is 26.8 Å². The van der Waals surface area contributed by atoms with Gasteiger partial charge in [0.15, 0.2) is 0 Å². The number of amides is 2. The first-order chi connectivity index (χ1) is 15.6. The van der Waals surface area contributed by atoms with Crippen LogP contribution in [-0.2, 0) is 13.6 Å². The predicted octanol–water partition coefficient (Wildman–Crippen LogP) is 4.12. The fraction of sp³-hybridized carbons (Fsp3) is 0.250. The van der Waals surface area contributed by atoms with E-state index in [0.717, 1.165) is 11.3 Å². The molecule has 0 saturated carbocycles. The number of nitrogens with zero attached hydrogens (tertiary/aromatic N) is 5. The summed E-state index contributed by atoms with van der Waals surface area (Å²) in [6.45, 7) is 4.24. The maximum absolute atomic E-state index is 13.7. The molecule has 0 aliphatic carbocycles. The van der Waals surface area contributed by atoms with Crippen LogP contribution >= 0.6 is 33.9 Å². The lowest BCUT2D eigenvalue weighted by Gasteiger charge is -2.11. The Hall–Kier alpha value is -2.94. The molecule has 4 aromatic rings. The Bertz CT molecular complexity index is 1390. The number of anilines is 1. The van der Waals surface area contributed by atoms with Gasteiger partial charge in [0.1, 0.15) is 21.1 Å². The number of carbonyl (C=O) groups is 2. The number of nitrogens with one attached hydrogen (secondary N) is 1. The van der Waals surface area contributed by atoms with Gasteiger partial charge in [-0.25, -0.2) is 13.8 Å². The molecule has 0 aromatic carbocycles. The average molecular weight is 585 g/mol. The van der Waals surface area contributed by atoms with Crippen LogP contribution in [0.15, 0.2) is 18.5 Å². The Morgan fingerprint density at radius 1 is 1.33 bits per heavy atom. The smallest absolute Gasteiger partial charge is 0.280 e. The molecule has 3 N–H and O–H groups in total. The Morgan fingerprint density at radius 2 is 2.06 bits per heavy atom. The summed E-state index contributed by atoms with van der Waals surface area (Å²) in [6.07, 6.45) is 0.430. The monoisotopic (exact) mass is 585 g/mol. The summed E-state index contributed by atoms with van der Waals surface area (Å²) in [5.41, 5.74) is 7.11. The number of aromatic nitrogens is 5. The summed E-state index contributed by atoms with van der Waals surface area (Å²) >= 11 is 2.83.